The fourth-order valence-corrected chi connectivity index (χ4v) is 34.4. The highest BCUT2D eigenvalue weighted by molar-refractivity contribution is 8.78. The minimum absolute atomic E-state index is 0.243. The third-order valence-electron chi connectivity index (χ3n) is 5.42. The average molecular weight is 437 g/mol. The van der Waals surface area contributed by atoms with Crippen LogP contribution in [0, 0.1) is 0 Å². The quantitative estimate of drug-likeness (QED) is 0.378. The number of rotatable bonds is 2. The van der Waals surface area contributed by atoms with Crippen LogP contribution in [-0.2, 0) is 0 Å². The molecule has 2 atom stereocenters. The standard InChI is InChI=1S/C26H32P3/c1-25(2,3)27-23-19-13-14-20-24(23)28(26(4,5)6)29(27,21-15-9-7-10-16-21)22-17-11-8-12-18-22/h7-20H,1-6H3/q+1. The number of hydrogen-bond donors (Lipinski definition) is 0. The summed E-state index contributed by atoms with van der Waals surface area (Å²) in [7, 11) is -0.732. The largest absolute Gasteiger partial charge is 0.126 e. The van der Waals surface area contributed by atoms with Gasteiger partial charge < -0.3 is 0 Å². The number of benzene rings is 3. The van der Waals surface area contributed by atoms with Gasteiger partial charge in [-0.15, -0.1) is 0 Å². The molecule has 29 heavy (non-hydrogen) atoms. The van der Waals surface area contributed by atoms with E-state index in [0.29, 0.717) is 0 Å². The van der Waals surface area contributed by atoms with Crippen molar-refractivity contribution < 1.29 is 0 Å². The van der Waals surface area contributed by atoms with Gasteiger partial charge in [-0.05, 0) is 24.3 Å². The van der Waals surface area contributed by atoms with E-state index in [-0.39, 0.29) is 25.5 Å². The van der Waals surface area contributed by atoms with Crippen LogP contribution in [0.4, 0.5) is 0 Å². The van der Waals surface area contributed by atoms with E-state index < -0.39 is 6.64 Å². The molecule has 0 N–H and O–H groups in total. The van der Waals surface area contributed by atoms with Crippen LogP contribution in [0.2, 0.25) is 0 Å². The van der Waals surface area contributed by atoms with Crippen molar-refractivity contribution in [2.75, 3.05) is 0 Å². The van der Waals surface area contributed by atoms with Gasteiger partial charge >= 0.3 is 0 Å². The first-order valence-corrected chi connectivity index (χ1v) is 16.3. The summed E-state index contributed by atoms with van der Waals surface area (Å²) >= 11 is 0. The summed E-state index contributed by atoms with van der Waals surface area (Å²) in [5, 5.41) is 7.02. The lowest BCUT2D eigenvalue weighted by atomic mass is 10.3. The molecular weight excluding hydrogens is 405 g/mol. The predicted octanol–water partition coefficient (Wildman–Crippen LogP) is 7.01. The van der Waals surface area contributed by atoms with Gasteiger partial charge in [0.1, 0.15) is 32.5 Å². The second-order valence-electron chi connectivity index (χ2n) is 9.73. The molecule has 0 fully saturated rings. The Labute approximate surface area is 179 Å². The molecule has 1 aliphatic rings. The van der Waals surface area contributed by atoms with Crippen molar-refractivity contribution in [3.8, 4) is 0 Å². The van der Waals surface area contributed by atoms with E-state index in [2.05, 4.69) is 126 Å². The van der Waals surface area contributed by atoms with Gasteiger partial charge in [0, 0.05) is 20.9 Å². The van der Waals surface area contributed by atoms with Gasteiger partial charge in [-0.1, -0.05) is 102 Å². The van der Waals surface area contributed by atoms with E-state index in [1.54, 1.807) is 21.2 Å². The molecule has 150 valence electrons. The van der Waals surface area contributed by atoms with E-state index in [9.17, 15) is 0 Å². The summed E-state index contributed by atoms with van der Waals surface area (Å²) in [5.41, 5.74) is 0. The van der Waals surface area contributed by atoms with Crippen molar-refractivity contribution >= 4 is 43.1 Å². The third kappa shape index (κ3) is 3.43. The van der Waals surface area contributed by atoms with Gasteiger partial charge in [-0.3, -0.25) is 0 Å². The zero-order valence-corrected chi connectivity index (χ0v) is 21.1. The Morgan fingerprint density at radius 1 is 0.483 bits per heavy atom. The Morgan fingerprint density at radius 3 is 1.10 bits per heavy atom. The van der Waals surface area contributed by atoms with Crippen LogP contribution in [0.15, 0.2) is 84.9 Å². The first-order chi connectivity index (χ1) is 13.7. The lowest BCUT2D eigenvalue weighted by Gasteiger charge is -2.42. The van der Waals surface area contributed by atoms with Crippen molar-refractivity contribution in [2.45, 2.75) is 51.9 Å². The van der Waals surface area contributed by atoms with Crippen LogP contribution in [-0.4, -0.2) is 10.3 Å². The monoisotopic (exact) mass is 437 g/mol. The van der Waals surface area contributed by atoms with Gasteiger partial charge in [-0.25, -0.2) is 0 Å². The molecule has 4 rings (SSSR count). The Bertz CT molecular complexity index is 899. The highest BCUT2D eigenvalue weighted by atomic mass is 32.5. The van der Waals surface area contributed by atoms with E-state index in [4.69, 9.17) is 0 Å². The molecule has 0 spiro atoms. The van der Waals surface area contributed by atoms with Gasteiger partial charge in [-0.2, -0.15) is 0 Å². The van der Waals surface area contributed by atoms with Crippen LogP contribution in [0.5, 0.6) is 0 Å². The third-order valence-corrected chi connectivity index (χ3v) is 27.4. The predicted molar refractivity (Wildman–Crippen MR) is 138 cm³/mol. The molecule has 3 aromatic rings. The highest BCUT2D eigenvalue weighted by Gasteiger charge is 2.69. The minimum Gasteiger partial charge on any atom is -0.0620 e. The van der Waals surface area contributed by atoms with E-state index in [1.165, 1.54) is 0 Å². The molecule has 3 aromatic carbocycles. The van der Waals surface area contributed by atoms with Crippen molar-refractivity contribution in [2.24, 2.45) is 0 Å². The maximum Gasteiger partial charge on any atom is 0.126 e. The molecule has 0 aromatic heterocycles. The second-order valence-corrected chi connectivity index (χ2v) is 23.8. The number of fused-ring (bicyclic) bond motifs is 1. The van der Waals surface area contributed by atoms with Crippen LogP contribution in [0.3, 0.4) is 0 Å². The SMILES string of the molecule is CC(C)(C)P1c2ccccc2P(C(C)(C)C)[P+]1(c1ccccc1)c1ccccc1. The van der Waals surface area contributed by atoms with Gasteiger partial charge in [0.15, 0.2) is 0 Å². The van der Waals surface area contributed by atoms with Gasteiger partial charge in [0.2, 0.25) is 0 Å². The van der Waals surface area contributed by atoms with Gasteiger partial charge in [0.25, 0.3) is 0 Å². The molecule has 2 unspecified atom stereocenters. The topological polar surface area (TPSA) is 0 Å². The Morgan fingerprint density at radius 2 is 0.793 bits per heavy atom. The minimum atomic E-state index is -1.67. The second kappa shape index (κ2) is 7.57. The zero-order valence-electron chi connectivity index (χ0n) is 18.4. The molecule has 1 heterocycles. The maximum absolute atomic E-state index is 2.48. The van der Waals surface area contributed by atoms with Crippen molar-refractivity contribution in [3.05, 3.63) is 84.9 Å². The average Bonchev–Trinajstić information content (AvgIpc) is 3.02. The number of hydrogen-bond acceptors (Lipinski definition) is 0. The molecule has 3 heteroatoms. The first-order valence-electron chi connectivity index (χ1n) is 10.4. The fourth-order valence-electron chi connectivity index (χ4n) is 4.70. The lowest BCUT2D eigenvalue weighted by Crippen LogP contribution is -2.28. The summed E-state index contributed by atoms with van der Waals surface area (Å²) in [4.78, 5) is 0. The fraction of sp³-hybridized carbons (Fsp3) is 0.308. The molecule has 0 saturated carbocycles. The summed E-state index contributed by atoms with van der Waals surface area (Å²) in [6, 6.07) is 32.6. The summed E-state index contributed by atoms with van der Waals surface area (Å²) in [5.74, 6) is 0. The van der Waals surface area contributed by atoms with Gasteiger partial charge in [0.05, 0.1) is 0 Å². The molecule has 0 radical (unpaired) electrons. The van der Waals surface area contributed by atoms with Crippen molar-refractivity contribution in [3.63, 3.8) is 0 Å². The maximum atomic E-state index is 2.48. The molecule has 0 saturated heterocycles. The van der Waals surface area contributed by atoms with Crippen molar-refractivity contribution in [1.82, 2.24) is 0 Å². The Hall–Kier alpha value is -1.05. The van der Waals surface area contributed by atoms with Crippen LogP contribution >= 0.6 is 21.9 Å². The van der Waals surface area contributed by atoms with Crippen LogP contribution < -0.4 is 21.2 Å². The van der Waals surface area contributed by atoms with E-state index >= 15 is 0 Å². The zero-order chi connectivity index (χ0) is 20.9. The van der Waals surface area contributed by atoms with Crippen LogP contribution in [0.1, 0.15) is 41.5 Å². The first kappa shape index (κ1) is 21.2. The summed E-state index contributed by atoms with van der Waals surface area (Å²) in [6.07, 6.45) is 0. The Kier molecular flexibility index (Phi) is 5.53. The molecule has 0 aliphatic carbocycles. The highest BCUT2D eigenvalue weighted by Crippen LogP contribution is 3.04. The molecule has 0 amide bonds. The summed E-state index contributed by atoms with van der Waals surface area (Å²) < 4.78 is 0. The molecular formula is C26H32P3+. The lowest BCUT2D eigenvalue weighted by molar-refractivity contribution is 0.795. The smallest absolute Gasteiger partial charge is 0.0620 e. The van der Waals surface area contributed by atoms with E-state index in [1.807, 2.05) is 0 Å². The molecule has 0 nitrogen and oxygen atoms in total. The molecule has 1 aliphatic heterocycles. The van der Waals surface area contributed by atoms with Crippen molar-refractivity contribution in [1.29, 1.82) is 0 Å². The summed E-state index contributed by atoms with van der Waals surface area (Å²) in [6.45, 7) is 13.2. The molecule has 0 bridgehead atoms. The van der Waals surface area contributed by atoms with Crippen LogP contribution in [0.25, 0.3) is 0 Å². The normalized spacial score (nSPS) is 21.0. The van der Waals surface area contributed by atoms with E-state index in [0.717, 1.165) is 0 Å². The Balaban J connectivity index is 2.19.